The topological polar surface area (TPSA) is 52.6 Å². The summed E-state index contributed by atoms with van der Waals surface area (Å²) in [6.07, 6.45) is 0. The van der Waals surface area contributed by atoms with E-state index in [-0.39, 0.29) is 0 Å². The lowest BCUT2D eigenvalue weighted by molar-refractivity contribution is -0.128. The predicted octanol–water partition coefficient (Wildman–Crippen LogP) is 4.83. The highest BCUT2D eigenvalue weighted by atomic mass is 16.5. The van der Waals surface area contributed by atoms with E-state index in [0.29, 0.717) is 22.6 Å². The number of rotatable bonds is 2. The zero-order chi connectivity index (χ0) is 23.1. The van der Waals surface area contributed by atoms with Crippen LogP contribution in [0.5, 0.6) is 11.5 Å². The van der Waals surface area contributed by atoms with Crippen LogP contribution in [0.2, 0.25) is 0 Å². The Balaban J connectivity index is 1.58. The molecule has 0 saturated carbocycles. The SMILES string of the molecule is Cc1ccc(OC(=O)C#Cc2ccc(C#CC(=O)Oc3ccc(C)c(C)c3)cc2)cc1C. The smallest absolute Gasteiger partial charge is 0.390 e. The summed E-state index contributed by atoms with van der Waals surface area (Å²) in [5.74, 6) is 10.1. The lowest BCUT2D eigenvalue weighted by Gasteiger charge is -2.03. The molecule has 0 aromatic heterocycles. The Bertz CT molecular complexity index is 1190. The lowest BCUT2D eigenvalue weighted by atomic mass is 10.1. The molecule has 0 saturated heterocycles. The molecule has 0 atom stereocenters. The van der Waals surface area contributed by atoms with Gasteiger partial charge in [-0.2, -0.15) is 0 Å². The van der Waals surface area contributed by atoms with Gasteiger partial charge in [-0.05, 0) is 98.5 Å². The first kappa shape index (κ1) is 22.4. The van der Waals surface area contributed by atoms with E-state index in [1.807, 2.05) is 39.8 Å². The van der Waals surface area contributed by atoms with E-state index in [2.05, 4.69) is 23.7 Å². The predicted molar refractivity (Wildman–Crippen MR) is 123 cm³/mol. The van der Waals surface area contributed by atoms with Crippen molar-refractivity contribution in [2.24, 2.45) is 0 Å². The van der Waals surface area contributed by atoms with Gasteiger partial charge >= 0.3 is 11.9 Å². The average Bonchev–Trinajstić information content (AvgIpc) is 2.77. The second-order valence-electron chi connectivity index (χ2n) is 7.35. The maximum absolute atomic E-state index is 11.9. The second-order valence-corrected chi connectivity index (χ2v) is 7.35. The van der Waals surface area contributed by atoms with Crippen LogP contribution in [0, 0.1) is 51.4 Å². The van der Waals surface area contributed by atoms with Crippen LogP contribution < -0.4 is 9.47 Å². The van der Waals surface area contributed by atoms with E-state index in [9.17, 15) is 9.59 Å². The fraction of sp³-hybridized carbons (Fsp3) is 0.143. The number of hydrogen-bond acceptors (Lipinski definition) is 4. The van der Waals surface area contributed by atoms with Crippen molar-refractivity contribution in [3.8, 4) is 35.2 Å². The first-order chi connectivity index (χ1) is 15.3. The molecule has 3 rings (SSSR count). The van der Waals surface area contributed by atoms with Crippen molar-refractivity contribution in [3.05, 3.63) is 94.0 Å². The van der Waals surface area contributed by atoms with Gasteiger partial charge in [-0.1, -0.05) is 24.0 Å². The summed E-state index contributed by atoms with van der Waals surface area (Å²) in [7, 11) is 0. The summed E-state index contributed by atoms with van der Waals surface area (Å²) in [5.41, 5.74) is 5.58. The Labute approximate surface area is 188 Å². The Hall–Kier alpha value is -4.28. The third kappa shape index (κ3) is 6.36. The molecular weight excluding hydrogens is 400 g/mol. The molecule has 32 heavy (non-hydrogen) atoms. The maximum atomic E-state index is 11.9. The van der Waals surface area contributed by atoms with E-state index in [0.717, 1.165) is 22.3 Å². The van der Waals surface area contributed by atoms with Crippen LogP contribution in [0.4, 0.5) is 0 Å². The van der Waals surface area contributed by atoms with Gasteiger partial charge in [0.05, 0.1) is 0 Å². The van der Waals surface area contributed by atoms with Crippen LogP contribution in [0.3, 0.4) is 0 Å². The highest BCUT2D eigenvalue weighted by molar-refractivity contribution is 5.91. The molecule has 0 bridgehead atoms. The molecule has 0 spiro atoms. The summed E-state index contributed by atoms with van der Waals surface area (Å²) >= 11 is 0. The molecule has 0 aliphatic heterocycles. The molecule has 0 fully saturated rings. The lowest BCUT2D eigenvalue weighted by Crippen LogP contribution is -2.05. The Morgan fingerprint density at radius 1 is 0.562 bits per heavy atom. The number of carbonyl (C=O) groups excluding carboxylic acids is 2. The third-order valence-electron chi connectivity index (χ3n) is 4.88. The third-order valence-corrected chi connectivity index (χ3v) is 4.88. The van der Waals surface area contributed by atoms with Gasteiger partial charge in [0.25, 0.3) is 0 Å². The van der Waals surface area contributed by atoms with Crippen LogP contribution >= 0.6 is 0 Å². The minimum absolute atomic E-state index is 0.464. The molecule has 0 aliphatic rings. The van der Waals surface area contributed by atoms with E-state index in [1.165, 1.54) is 0 Å². The molecular formula is C28H22O4. The van der Waals surface area contributed by atoms with Gasteiger partial charge in [-0.3, -0.25) is 0 Å². The van der Waals surface area contributed by atoms with Gasteiger partial charge in [0.1, 0.15) is 11.5 Å². The normalized spacial score (nSPS) is 9.62. The molecule has 3 aromatic carbocycles. The van der Waals surface area contributed by atoms with Crippen molar-refractivity contribution >= 4 is 11.9 Å². The summed E-state index contributed by atoms with van der Waals surface area (Å²) in [6.45, 7) is 7.88. The van der Waals surface area contributed by atoms with Gasteiger partial charge in [-0.25, -0.2) is 9.59 Å². The zero-order valence-electron chi connectivity index (χ0n) is 18.4. The molecule has 0 aliphatic carbocycles. The van der Waals surface area contributed by atoms with Crippen molar-refractivity contribution < 1.29 is 19.1 Å². The molecule has 3 aromatic rings. The monoisotopic (exact) mass is 422 g/mol. The largest absolute Gasteiger partial charge is 0.417 e. The Morgan fingerprint density at radius 2 is 0.938 bits per heavy atom. The number of aryl methyl sites for hydroxylation is 4. The van der Waals surface area contributed by atoms with Crippen LogP contribution in [-0.4, -0.2) is 11.9 Å². The molecule has 0 heterocycles. The van der Waals surface area contributed by atoms with Crippen LogP contribution in [0.15, 0.2) is 60.7 Å². The van der Waals surface area contributed by atoms with Crippen molar-refractivity contribution in [3.63, 3.8) is 0 Å². The van der Waals surface area contributed by atoms with Gasteiger partial charge in [0.15, 0.2) is 0 Å². The van der Waals surface area contributed by atoms with Crippen molar-refractivity contribution in [2.75, 3.05) is 0 Å². The van der Waals surface area contributed by atoms with Gasteiger partial charge in [-0.15, -0.1) is 0 Å². The molecule has 0 radical (unpaired) electrons. The van der Waals surface area contributed by atoms with Crippen molar-refractivity contribution in [2.45, 2.75) is 27.7 Å². The van der Waals surface area contributed by atoms with Crippen molar-refractivity contribution in [1.82, 2.24) is 0 Å². The first-order valence-electron chi connectivity index (χ1n) is 10.0. The van der Waals surface area contributed by atoms with E-state index in [4.69, 9.17) is 9.47 Å². The minimum Gasteiger partial charge on any atom is -0.417 e. The van der Waals surface area contributed by atoms with Crippen LogP contribution in [0.25, 0.3) is 0 Å². The second kappa shape index (κ2) is 10.2. The standard InChI is InChI=1S/C28H22O4/c1-19-5-13-25(17-21(19)3)31-27(29)15-11-23-7-9-24(10-8-23)12-16-28(30)32-26-14-6-20(2)22(4)18-26/h5-10,13-14,17-18H,1-4H3. The Kier molecular flexibility index (Phi) is 7.11. The van der Waals surface area contributed by atoms with Crippen LogP contribution in [-0.2, 0) is 9.59 Å². The summed E-state index contributed by atoms with van der Waals surface area (Å²) < 4.78 is 10.5. The fourth-order valence-corrected chi connectivity index (χ4v) is 2.70. The number of benzene rings is 3. The summed E-state index contributed by atoms with van der Waals surface area (Å²) in [5, 5.41) is 0. The summed E-state index contributed by atoms with van der Waals surface area (Å²) in [6, 6.07) is 17.7. The number of esters is 2. The molecule has 4 nitrogen and oxygen atoms in total. The molecule has 4 heteroatoms. The number of carbonyl (C=O) groups is 2. The molecule has 0 unspecified atom stereocenters. The zero-order valence-corrected chi connectivity index (χ0v) is 18.4. The maximum Gasteiger partial charge on any atom is 0.390 e. The first-order valence-corrected chi connectivity index (χ1v) is 10.0. The van der Waals surface area contributed by atoms with E-state index < -0.39 is 11.9 Å². The minimum atomic E-state index is -0.633. The van der Waals surface area contributed by atoms with Gasteiger partial charge in [0, 0.05) is 23.0 Å². The number of ether oxygens (including phenoxy) is 2. The molecule has 158 valence electrons. The van der Waals surface area contributed by atoms with Crippen molar-refractivity contribution in [1.29, 1.82) is 0 Å². The van der Waals surface area contributed by atoms with Gasteiger partial charge < -0.3 is 9.47 Å². The quantitative estimate of drug-likeness (QED) is 0.337. The molecule has 0 N–H and O–H groups in total. The Morgan fingerprint density at radius 3 is 1.28 bits per heavy atom. The number of hydrogen-bond donors (Lipinski definition) is 0. The summed E-state index contributed by atoms with van der Waals surface area (Å²) in [4.78, 5) is 23.9. The van der Waals surface area contributed by atoms with Gasteiger partial charge in [0.2, 0.25) is 0 Å². The van der Waals surface area contributed by atoms with Crippen LogP contribution in [0.1, 0.15) is 33.4 Å². The average molecular weight is 422 g/mol. The highest BCUT2D eigenvalue weighted by Crippen LogP contribution is 2.17. The molecule has 0 amide bonds. The highest BCUT2D eigenvalue weighted by Gasteiger charge is 2.03. The van der Waals surface area contributed by atoms with E-state index >= 15 is 0 Å². The van der Waals surface area contributed by atoms with E-state index in [1.54, 1.807) is 48.5 Å². The fourth-order valence-electron chi connectivity index (χ4n) is 2.70.